The van der Waals surface area contributed by atoms with Crippen LogP contribution in [0.25, 0.3) is 5.69 Å². The lowest BCUT2D eigenvalue weighted by molar-refractivity contribution is 0.101. The fourth-order valence-electron chi connectivity index (χ4n) is 2.16. The molecule has 0 fully saturated rings. The zero-order valence-corrected chi connectivity index (χ0v) is 13.0. The summed E-state index contributed by atoms with van der Waals surface area (Å²) in [6, 6.07) is 8.23. The summed E-state index contributed by atoms with van der Waals surface area (Å²) in [6.07, 6.45) is 1.43. The highest BCUT2D eigenvalue weighted by molar-refractivity contribution is 6.04. The summed E-state index contributed by atoms with van der Waals surface area (Å²) in [7, 11) is 1.35. The molecule has 1 heterocycles. The molecule has 0 unspecified atom stereocenters. The van der Waals surface area contributed by atoms with Crippen LogP contribution in [0.1, 0.15) is 10.5 Å². The van der Waals surface area contributed by atoms with Gasteiger partial charge in [0, 0.05) is 6.07 Å². The van der Waals surface area contributed by atoms with Gasteiger partial charge in [0.15, 0.2) is 11.4 Å². The Morgan fingerprint density at radius 2 is 1.76 bits per heavy atom. The second-order valence-corrected chi connectivity index (χ2v) is 5.05. The molecule has 0 spiro atoms. The molecule has 25 heavy (non-hydrogen) atoms. The monoisotopic (exact) mass is 347 g/mol. The number of carbonyl (C=O) groups excluding carboxylic acids is 1. The number of benzene rings is 2. The van der Waals surface area contributed by atoms with Crippen molar-refractivity contribution >= 4 is 11.6 Å². The van der Waals surface area contributed by atoms with Crippen molar-refractivity contribution in [1.29, 1.82) is 0 Å². The van der Waals surface area contributed by atoms with E-state index in [0.29, 0.717) is 11.8 Å². The number of methoxy groups -OCH3 is 1. The number of amides is 1. The zero-order valence-electron chi connectivity index (χ0n) is 13.0. The molecule has 0 aliphatic carbocycles. The smallest absolute Gasteiger partial charge is 0.280 e. The molecule has 1 aromatic heterocycles. The average Bonchev–Trinajstić information content (AvgIpc) is 3.02. The number of hydrogen-bond donors (Lipinski definition) is 1. The normalized spacial score (nSPS) is 10.6. The SMILES string of the molecule is COc1cn(-c2ccc(F)cc2)nc1C(=O)Nc1ccc(F)cc1F. The maximum absolute atomic E-state index is 13.7. The Morgan fingerprint density at radius 3 is 2.40 bits per heavy atom. The standard InChI is InChI=1S/C17H12F3N3O2/c1-25-15-9-23(12-5-2-10(18)3-6-12)22-16(15)17(24)21-14-7-4-11(19)8-13(14)20/h2-9H,1H3,(H,21,24). The predicted octanol–water partition coefficient (Wildman–Crippen LogP) is 3.55. The van der Waals surface area contributed by atoms with Gasteiger partial charge in [-0.15, -0.1) is 0 Å². The zero-order chi connectivity index (χ0) is 18.0. The van der Waals surface area contributed by atoms with Gasteiger partial charge in [-0.1, -0.05) is 0 Å². The van der Waals surface area contributed by atoms with Crippen LogP contribution in [0.15, 0.2) is 48.7 Å². The number of rotatable bonds is 4. The molecule has 0 aliphatic heterocycles. The molecular formula is C17H12F3N3O2. The lowest BCUT2D eigenvalue weighted by atomic mass is 10.3. The lowest BCUT2D eigenvalue weighted by Crippen LogP contribution is -2.15. The van der Waals surface area contributed by atoms with Gasteiger partial charge in [0.1, 0.15) is 17.5 Å². The first kappa shape index (κ1) is 16.6. The molecular weight excluding hydrogens is 335 g/mol. The summed E-state index contributed by atoms with van der Waals surface area (Å²) in [4.78, 5) is 12.3. The van der Waals surface area contributed by atoms with Crippen molar-refractivity contribution in [2.24, 2.45) is 0 Å². The van der Waals surface area contributed by atoms with Crippen LogP contribution < -0.4 is 10.1 Å². The van der Waals surface area contributed by atoms with E-state index in [1.165, 1.54) is 42.3 Å². The number of halogens is 3. The van der Waals surface area contributed by atoms with Gasteiger partial charge in [-0.2, -0.15) is 5.10 Å². The summed E-state index contributed by atoms with van der Waals surface area (Å²) in [5.41, 5.74) is 0.215. The molecule has 2 aromatic carbocycles. The highest BCUT2D eigenvalue weighted by Gasteiger charge is 2.20. The molecule has 3 aromatic rings. The van der Waals surface area contributed by atoms with Crippen molar-refractivity contribution in [1.82, 2.24) is 9.78 Å². The van der Waals surface area contributed by atoms with Gasteiger partial charge in [0.2, 0.25) is 0 Å². The number of anilines is 1. The Balaban J connectivity index is 1.90. The van der Waals surface area contributed by atoms with E-state index in [1.54, 1.807) is 0 Å². The summed E-state index contributed by atoms with van der Waals surface area (Å²) in [5, 5.41) is 6.39. The highest BCUT2D eigenvalue weighted by atomic mass is 19.1. The lowest BCUT2D eigenvalue weighted by Gasteiger charge is -2.05. The number of nitrogens with zero attached hydrogens (tertiary/aromatic N) is 2. The first-order chi connectivity index (χ1) is 12.0. The van der Waals surface area contributed by atoms with Crippen molar-refractivity contribution in [3.05, 3.63) is 71.8 Å². The van der Waals surface area contributed by atoms with E-state index in [2.05, 4.69) is 10.4 Å². The van der Waals surface area contributed by atoms with Gasteiger partial charge in [0.05, 0.1) is 24.7 Å². The van der Waals surface area contributed by atoms with Crippen LogP contribution in [0.2, 0.25) is 0 Å². The molecule has 0 aliphatic rings. The second kappa shape index (κ2) is 6.68. The number of aromatic nitrogens is 2. The minimum atomic E-state index is -0.912. The van der Waals surface area contributed by atoms with Gasteiger partial charge in [-0.25, -0.2) is 17.9 Å². The summed E-state index contributed by atoms with van der Waals surface area (Å²) in [6.45, 7) is 0. The summed E-state index contributed by atoms with van der Waals surface area (Å²) < 4.78 is 46.0. The molecule has 0 radical (unpaired) electrons. The third-order valence-corrected chi connectivity index (χ3v) is 3.39. The molecule has 0 saturated carbocycles. The maximum atomic E-state index is 13.7. The van der Waals surface area contributed by atoms with E-state index >= 15 is 0 Å². The van der Waals surface area contributed by atoms with Crippen LogP contribution in [0, 0.1) is 17.5 Å². The largest absolute Gasteiger partial charge is 0.493 e. The molecule has 1 N–H and O–H groups in total. The summed E-state index contributed by atoms with van der Waals surface area (Å²) >= 11 is 0. The predicted molar refractivity (Wildman–Crippen MR) is 84.4 cm³/mol. The minimum absolute atomic E-state index is 0.101. The highest BCUT2D eigenvalue weighted by Crippen LogP contribution is 2.22. The first-order valence-electron chi connectivity index (χ1n) is 7.14. The fourth-order valence-corrected chi connectivity index (χ4v) is 2.16. The van der Waals surface area contributed by atoms with Crippen LogP contribution >= 0.6 is 0 Å². The van der Waals surface area contributed by atoms with E-state index in [4.69, 9.17) is 4.74 Å². The van der Waals surface area contributed by atoms with E-state index < -0.39 is 23.4 Å². The summed E-state index contributed by atoms with van der Waals surface area (Å²) in [5.74, 6) is -2.67. The Bertz CT molecular complexity index is 923. The molecule has 5 nitrogen and oxygen atoms in total. The van der Waals surface area contributed by atoms with Crippen LogP contribution in [0.3, 0.4) is 0 Å². The number of nitrogens with one attached hydrogen (secondary N) is 1. The Labute approximate surface area is 140 Å². The van der Waals surface area contributed by atoms with E-state index in [1.807, 2.05) is 0 Å². The Hall–Kier alpha value is -3.29. The molecule has 128 valence electrons. The molecule has 8 heteroatoms. The third-order valence-electron chi connectivity index (χ3n) is 3.39. The number of hydrogen-bond acceptors (Lipinski definition) is 3. The topological polar surface area (TPSA) is 56.2 Å². The van der Waals surface area contributed by atoms with Crippen molar-refractivity contribution in [3.8, 4) is 11.4 Å². The van der Waals surface area contributed by atoms with Crippen molar-refractivity contribution < 1.29 is 22.7 Å². The number of carbonyl (C=O) groups is 1. The Morgan fingerprint density at radius 1 is 1.08 bits per heavy atom. The van der Waals surface area contributed by atoms with Crippen molar-refractivity contribution in [3.63, 3.8) is 0 Å². The van der Waals surface area contributed by atoms with Gasteiger partial charge in [-0.3, -0.25) is 4.79 Å². The van der Waals surface area contributed by atoms with Crippen LogP contribution in [0.4, 0.5) is 18.9 Å². The second-order valence-electron chi connectivity index (χ2n) is 5.05. The van der Waals surface area contributed by atoms with Crippen molar-refractivity contribution in [2.75, 3.05) is 12.4 Å². The number of ether oxygens (including phenoxy) is 1. The quantitative estimate of drug-likeness (QED) is 0.785. The minimum Gasteiger partial charge on any atom is -0.493 e. The van der Waals surface area contributed by atoms with Crippen LogP contribution in [-0.4, -0.2) is 22.8 Å². The van der Waals surface area contributed by atoms with Gasteiger partial charge in [-0.05, 0) is 36.4 Å². The third kappa shape index (κ3) is 3.47. The molecule has 3 rings (SSSR count). The van der Waals surface area contributed by atoms with Crippen LogP contribution in [-0.2, 0) is 0 Å². The van der Waals surface area contributed by atoms with Gasteiger partial charge < -0.3 is 10.1 Å². The van der Waals surface area contributed by atoms with E-state index in [-0.39, 0.29) is 17.1 Å². The van der Waals surface area contributed by atoms with Gasteiger partial charge in [0.25, 0.3) is 5.91 Å². The van der Waals surface area contributed by atoms with Gasteiger partial charge >= 0.3 is 0 Å². The van der Waals surface area contributed by atoms with Crippen LogP contribution in [0.5, 0.6) is 5.75 Å². The maximum Gasteiger partial charge on any atom is 0.280 e. The average molecular weight is 347 g/mol. The molecule has 1 amide bonds. The first-order valence-corrected chi connectivity index (χ1v) is 7.14. The fraction of sp³-hybridized carbons (Fsp3) is 0.0588. The molecule has 0 atom stereocenters. The van der Waals surface area contributed by atoms with Crippen molar-refractivity contribution in [2.45, 2.75) is 0 Å². The molecule has 0 saturated heterocycles. The molecule has 0 bridgehead atoms. The Kier molecular flexibility index (Phi) is 4.42. The van der Waals surface area contributed by atoms with E-state index in [0.717, 1.165) is 12.1 Å². The van der Waals surface area contributed by atoms with E-state index in [9.17, 15) is 18.0 Å².